The summed E-state index contributed by atoms with van der Waals surface area (Å²) in [6.07, 6.45) is 2.25. The van der Waals surface area contributed by atoms with E-state index in [2.05, 4.69) is 62.0 Å². The van der Waals surface area contributed by atoms with Gasteiger partial charge in [0.2, 0.25) is 0 Å². The lowest BCUT2D eigenvalue weighted by molar-refractivity contribution is 0.423. The molecule has 2 aromatic rings. The summed E-state index contributed by atoms with van der Waals surface area (Å²) in [4.78, 5) is 0. The van der Waals surface area contributed by atoms with Gasteiger partial charge in [-0.2, -0.15) is 5.10 Å². The van der Waals surface area contributed by atoms with E-state index < -0.39 is 0 Å². The molecule has 0 aliphatic carbocycles. The summed E-state index contributed by atoms with van der Waals surface area (Å²) in [5.74, 6) is 0.646. The van der Waals surface area contributed by atoms with Gasteiger partial charge in [0.05, 0.1) is 11.2 Å². The van der Waals surface area contributed by atoms with Gasteiger partial charge in [0.25, 0.3) is 0 Å². The van der Waals surface area contributed by atoms with Crippen molar-refractivity contribution in [1.29, 1.82) is 0 Å². The van der Waals surface area contributed by atoms with E-state index in [1.165, 1.54) is 23.0 Å². The van der Waals surface area contributed by atoms with E-state index in [0.717, 1.165) is 19.5 Å². The molecule has 1 aromatic carbocycles. The second kappa shape index (κ2) is 6.89. The van der Waals surface area contributed by atoms with Crippen molar-refractivity contribution in [3.8, 4) is 0 Å². The number of nitrogens with zero attached hydrogens (tertiary/aromatic N) is 2. The third kappa shape index (κ3) is 3.40. The van der Waals surface area contributed by atoms with Crippen molar-refractivity contribution in [2.24, 2.45) is 5.92 Å². The number of aromatic nitrogens is 2. The molecule has 0 fully saturated rings. The standard InChI is InChI=1S/C17H27N3/c1-5-18-14(4)11-13(3)12-16-15-9-7-8-10-17(15)20(6-2)19-16/h7-10,13-14,18H,5-6,11-12H2,1-4H3. The Kier molecular flexibility index (Phi) is 5.18. The molecule has 110 valence electrons. The van der Waals surface area contributed by atoms with E-state index in [0.29, 0.717) is 12.0 Å². The van der Waals surface area contributed by atoms with Gasteiger partial charge in [-0.1, -0.05) is 32.0 Å². The number of nitrogens with one attached hydrogen (secondary N) is 1. The number of para-hydroxylation sites is 1. The zero-order valence-electron chi connectivity index (χ0n) is 13.2. The van der Waals surface area contributed by atoms with Crippen LogP contribution in [0.1, 0.15) is 39.8 Å². The molecular formula is C17H27N3. The Morgan fingerprint density at radius 3 is 2.65 bits per heavy atom. The zero-order chi connectivity index (χ0) is 14.5. The number of benzene rings is 1. The molecule has 0 amide bonds. The minimum Gasteiger partial charge on any atom is -0.315 e. The molecule has 0 aliphatic rings. The quantitative estimate of drug-likeness (QED) is 0.835. The van der Waals surface area contributed by atoms with Crippen LogP contribution in [-0.4, -0.2) is 22.4 Å². The maximum absolute atomic E-state index is 4.80. The summed E-state index contributed by atoms with van der Waals surface area (Å²) >= 11 is 0. The van der Waals surface area contributed by atoms with Crippen molar-refractivity contribution in [2.45, 2.75) is 53.1 Å². The Bertz CT molecular complexity index is 544. The highest BCUT2D eigenvalue weighted by molar-refractivity contribution is 5.81. The highest BCUT2D eigenvalue weighted by Crippen LogP contribution is 2.22. The molecule has 3 nitrogen and oxygen atoms in total. The summed E-state index contributed by atoms with van der Waals surface area (Å²) in [7, 11) is 0. The van der Waals surface area contributed by atoms with E-state index in [1.54, 1.807) is 0 Å². The zero-order valence-corrected chi connectivity index (χ0v) is 13.2. The highest BCUT2D eigenvalue weighted by Gasteiger charge is 2.14. The normalized spacial score (nSPS) is 14.6. The smallest absolute Gasteiger partial charge is 0.0706 e. The summed E-state index contributed by atoms with van der Waals surface area (Å²) in [5, 5.41) is 9.60. The van der Waals surface area contributed by atoms with Crippen LogP contribution >= 0.6 is 0 Å². The number of aryl methyl sites for hydroxylation is 1. The van der Waals surface area contributed by atoms with Crippen LogP contribution in [0.3, 0.4) is 0 Å². The summed E-state index contributed by atoms with van der Waals surface area (Å²) < 4.78 is 2.12. The molecule has 2 atom stereocenters. The first kappa shape index (κ1) is 15.0. The van der Waals surface area contributed by atoms with Crippen molar-refractivity contribution in [3.63, 3.8) is 0 Å². The number of hydrogen-bond donors (Lipinski definition) is 1. The van der Waals surface area contributed by atoms with Crippen LogP contribution in [0.5, 0.6) is 0 Å². The van der Waals surface area contributed by atoms with Gasteiger partial charge in [0, 0.05) is 18.0 Å². The fraction of sp³-hybridized carbons (Fsp3) is 0.588. The first-order valence-corrected chi connectivity index (χ1v) is 7.83. The monoisotopic (exact) mass is 273 g/mol. The van der Waals surface area contributed by atoms with Gasteiger partial charge in [-0.15, -0.1) is 0 Å². The SMILES string of the molecule is CCNC(C)CC(C)Cc1nn(CC)c2ccccc12. The van der Waals surface area contributed by atoms with E-state index in [4.69, 9.17) is 5.10 Å². The summed E-state index contributed by atoms with van der Waals surface area (Å²) in [5.41, 5.74) is 2.51. The minimum atomic E-state index is 0.578. The second-order valence-electron chi connectivity index (χ2n) is 5.78. The fourth-order valence-electron chi connectivity index (χ4n) is 3.04. The molecule has 2 unspecified atom stereocenters. The molecule has 0 saturated carbocycles. The first-order valence-electron chi connectivity index (χ1n) is 7.83. The largest absolute Gasteiger partial charge is 0.315 e. The van der Waals surface area contributed by atoms with Gasteiger partial charge >= 0.3 is 0 Å². The van der Waals surface area contributed by atoms with Crippen molar-refractivity contribution in [1.82, 2.24) is 15.1 Å². The fourth-order valence-corrected chi connectivity index (χ4v) is 3.04. The van der Waals surface area contributed by atoms with Crippen LogP contribution in [0.4, 0.5) is 0 Å². The van der Waals surface area contributed by atoms with Gasteiger partial charge in [0.15, 0.2) is 0 Å². The second-order valence-corrected chi connectivity index (χ2v) is 5.78. The maximum atomic E-state index is 4.80. The van der Waals surface area contributed by atoms with Crippen LogP contribution in [0.2, 0.25) is 0 Å². The predicted molar refractivity (Wildman–Crippen MR) is 86.0 cm³/mol. The van der Waals surface area contributed by atoms with E-state index in [1.807, 2.05) is 0 Å². The third-order valence-electron chi connectivity index (χ3n) is 3.88. The molecule has 1 aromatic heterocycles. The number of rotatable bonds is 7. The lowest BCUT2D eigenvalue weighted by atomic mass is 9.96. The molecule has 3 heteroatoms. The number of hydrogen-bond acceptors (Lipinski definition) is 2. The molecule has 0 spiro atoms. The maximum Gasteiger partial charge on any atom is 0.0706 e. The Morgan fingerprint density at radius 1 is 1.20 bits per heavy atom. The predicted octanol–water partition coefficient (Wildman–Crippen LogP) is 3.62. The third-order valence-corrected chi connectivity index (χ3v) is 3.88. The van der Waals surface area contributed by atoms with Crippen LogP contribution in [-0.2, 0) is 13.0 Å². The van der Waals surface area contributed by atoms with E-state index in [9.17, 15) is 0 Å². The molecule has 1 heterocycles. The Hall–Kier alpha value is -1.35. The average molecular weight is 273 g/mol. The Morgan fingerprint density at radius 2 is 1.95 bits per heavy atom. The van der Waals surface area contributed by atoms with Crippen molar-refractivity contribution >= 4 is 10.9 Å². The molecule has 0 saturated heterocycles. The van der Waals surface area contributed by atoms with Gasteiger partial charge in [0.1, 0.15) is 0 Å². The van der Waals surface area contributed by atoms with Crippen molar-refractivity contribution < 1.29 is 0 Å². The van der Waals surface area contributed by atoms with Crippen LogP contribution in [0.15, 0.2) is 24.3 Å². The highest BCUT2D eigenvalue weighted by atomic mass is 15.3. The van der Waals surface area contributed by atoms with Crippen molar-refractivity contribution in [2.75, 3.05) is 6.54 Å². The molecule has 20 heavy (non-hydrogen) atoms. The molecule has 0 aliphatic heterocycles. The van der Waals surface area contributed by atoms with Gasteiger partial charge < -0.3 is 5.32 Å². The molecule has 1 N–H and O–H groups in total. The molecule has 0 bridgehead atoms. The van der Waals surface area contributed by atoms with Gasteiger partial charge in [-0.05, 0) is 45.2 Å². The average Bonchev–Trinajstić information content (AvgIpc) is 2.77. The molecular weight excluding hydrogens is 246 g/mol. The van der Waals surface area contributed by atoms with Crippen molar-refractivity contribution in [3.05, 3.63) is 30.0 Å². The lowest BCUT2D eigenvalue weighted by Crippen LogP contribution is -2.27. The van der Waals surface area contributed by atoms with Gasteiger partial charge in [-0.3, -0.25) is 4.68 Å². The topological polar surface area (TPSA) is 29.9 Å². The Labute approximate surface area is 122 Å². The molecule has 2 rings (SSSR count). The summed E-state index contributed by atoms with van der Waals surface area (Å²) in [6, 6.07) is 9.15. The van der Waals surface area contributed by atoms with Crippen LogP contribution in [0, 0.1) is 5.92 Å². The minimum absolute atomic E-state index is 0.578. The summed E-state index contributed by atoms with van der Waals surface area (Å²) in [6.45, 7) is 10.9. The first-order chi connectivity index (χ1) is 9.65. The lowest BCUT2D eigenvalue weighted by Gasteiger charge is -2.17. The van der Waals surface area contributed by atoms with Crippen LogP contribution < -0.4 is 5.32 Å². The van der Waals surface area contributed by atoms with Gasteiger partial charge in [-0.25, -0.2) is 0 Å². The Balaban J connectivity index is 2.13. The van der Waals surface area contributed by atoms with E-state index >= 15 is 0 Å². The number of fused-ring (bicyclic) bond motifs is 1. The van der Waals surface area contributed by atoms with E-state index in [-0.39, 0.29) is 0 Å². The van der Waals surface area contributed by atoms with Crippen LogP contribution in [0.25, 0.3) is 10.9 Å². The molecule has 0 radical (unpaired) electrons.